The lowest BCUT2D eigenvalue weighted by atomic mass is 10.4. The van der Waals surface area contributed by atoms with E-state index in [1.807, 2.05) is 13.8 Å². The molecule has 98 valence electrons. The standard InChI is InChI=1S/C10H20N4O2S/c1-3-9-12-8-10(14-9)17(15,16)13-7-5-6-11-4-2/h8,11,13H,3-7H2,1-2H3,(H,12,14). The summed E-state index contributed by atoms with van der Waals surface area (Å²) < 4.78 is 26.1. The van der Waals surface area contributed by atoms with E-state index >= 15 is 0 Å². The number of hydrogen-bond acceptors (Lipinski definition) is 4. The molecule has 1 rings (SSSR count). The van der Waals surface area contributed by atoms with Gasteiger partial charge in [-0.1, -0.05) is 13.8 Å². The van der Waals surface area contributed by atoms with Crippen molar-refractivity contribution in [2.45, 2.75) is 31.7 Å². The number of aromatic amines is 1. The summed E-state index contributed by atoms with van der Waals surface area (Å²) in [6.07, 6.45) is 2.81. The molecule has 6 nitrogen and oxygen atoms in total. The fourth-order valence-electron chi connectivity index (χ4n) is 1.33. The van der Waals surface area contributed by atoms with E-state index in [9.17, 15) is 8.42 Å². The van der Waals surface area contributed by atoms with Crippen LogP contribution in [0.1, 0.15) is 26.1 Å². The van der Waals surface area contributed by atoms with Crippen LogP contribution in [-0.2, 0) is 16.4 Å². The highest BCUT2D eigenvalue weighted by Gasteiger charge is 2.15. The van der Waals surface area contributed by atoms with Gasteiger partial charge in [-0.15, -0.1) is 0 Å². The lowest BCUT2D eigenvalue weighted by Gasteiger charge is -2.04. The molecule has 0 aliphatic heterocycles. The summed E-state index contributed by atoms with van der Waals surface area (Å²) in [5.41, 5.74) is 0. The topological polar surface area (TPSA) is 86.9 Å². The lowest BCUT2D eigenvalue weighted by Crippen LogP contribution is -2.27. The van der Waals surface area contributed by atoms with Crippen molar-refractivity contribution in [2.75, 3.05) is 19.6 Å². The van der Waals surface area contributed by atoms with Crippen molar-refractivity contribution in [3.8, 4) is 0 Å². The number of rotatable bonds is 8. The summed E-state index contributed by atoms with van der Waals surface area (Å²) in [4.78, 5) is 6.75. The molecule has 0 fully saturated rings. The maximum absolute atomic E-state index is 11.8. The first kappa shape index (κ1) is 14.1. The number of H-pyrrole nitrogens is 1. The molecule has 0 aliphatic carbocycles. The summed E-state index contributed by atoms with van der Waals surface area (Å²) in [6, 6.07) is 0. The summed E-state index contributed by atoms with van der Waals surface area (Å²) in [5, 5.41) is 3.27. The Balaban J connectivity index is 2.45. The zero-order chi connectivity index (χ0) is 12.7. The third-order valence-electron chi connectivity index (χ3n) is 2.30. The molecule has 3 N–H and O–H groups in total. The van der Waals surface area contributed by atoms with E-state index in [0.717, 1.165) is 19.5 Å². The molecule has 0 saturated carbocycles. The Kier molecular flexibility index (Phi) is 5.60. The molecular weight excluding hydrogens is 240 g/mol. The van der Waals surface area contributed by atoms with Crippen molar-refractivity contribution < 1.29 is 8.42 Å². The van der Waals surface area contributed by atoms with Gasteiger partial charge in [0.1, 0.15) is 5.82 Å². The molecule has 0 spiro atoms. The molecule has 1 aromatic rings. The van der Waals surface area contributed by atoms with E-state index in [1.165, 1.54) is 6.20 Å². The maximum Gasteiger partial charge on any atom is 0.257 e. The van der Waals surface area contributed by atoms with E-state index in [0.29, 0.717) is 18.8 Å². The van der Waals surface area contributed by atoms with E-state index < -0.39 is 10.0 Å². The van der Waals surface area contributed by atoms with Crippen molar-refractivity contribution >= 4 is 10.0 Å². The lowest BCUT2D eigenvalue weighted by molar-refractivity contribution is 0.572. The van der Waals surface area contributed by atoms with Gasteiger partial charge >= 0.3 is 0 Å². The zero-order valence-corrected chi connectivity index (χ0v) is 11.1. The molecule has 1 heterocycles. The van der Waals surface area contributed by atoms with E-state index in [2.05, 4.69) is 20.0 Å². The summed E-state index contributed by atoms with van der Waals surface area (Å²) in [7, 11) is -3.43. The van der Waals surface area contributed by atoms with Gasteiger partial charge in [-0.05, 0) is 19.5 Å². The third-order valence-corrected chi connectivity index (χ3v) is 3.67. The smallest absolute Gasteiger partial charge is 0.257 e. The van der Waals surface area contributed by atoms with Crippen molar-refractivity contribution in [1.29, 1.82) is 0 Å². The Morgan fingerprint density at radius 1 is 1.35 bits per heavy atom. The minimum atomic E-state index is -3.43. The first-order chi connectivity index (χ1) is 8.10. The van der Waals surface area contributed by atoms with Crippen LogP contribution in [0.5, 0.6) is 0 Å². The fourth-order valence-corrected chi connectivity index (χ4v) is 2.35. The Bertz CT molecular complexity index is 427. The Morgan fingerprint density at radius 2 is 2.12 bits per heavy atom. The number of nitrogens with one attached hydrogen (secondary N) is 3. The highest BCUT2D eigenvalue weighted by Crippen LogP contribution is 2.05. The molecule has 0 radical (unpaired) electrons. The van der Waals surface area contributed by atoms with Gasteiger partial charge in [-0.25, -0.2) is 18.1 Å². The van der Waals surface area contributed by atoms with Gasteiger partial charge in [0.2, 0.25) is 0 Å². The molecule has 0 aliphatic rings. The quantitative estimate of drug-likeness (QED) is 0.585. The second kappa shape index (κ2) is 6.73. The monoisotopic (exact) mass is 260 g/mol. The number of sulfonamides is 1. The van der Waals surface area contributed by atoms with Crippen molar-refractivity contribution in [1.82, 2.24) is 20.0 Å². The molecule has 0 bridgehead atoms. The minimum absolute atomic E-state index is 0.137. The van der Waals surface area contributed by atoms with Gasteiger partial charge in [0.15, 0.2) is 5.03 Å². The normalized spacial score (nSPS) is 11.9. The minimum Gasteiger partial charge on any atom is -0.332 e. The molecule has 0 aromatic carbocycles. The highest BCUT2D eigenvalue weighted by molar-refractivity contribution is 7.89. The molecule has 0 saturated heterocycles. The van der Waals surface area contributed by atoms with Crippen LogP contribution in [0.15, 0.2) is 11.2 Å². The molecule has 0 unspecified atom stereocenters. The summed E-state index contributed by atoms with van der Waals surface area (Å²) in [5.74, 6) is 0.679. The van der Waals surface area contributed by atoms with Gasteiger partial charge in [-0.3, -0.25) is 0 Å². The largest absolute Gasteiger partial charge is 0.332 e. The molecular formula is C10H20N4O2S. The third kappa shape index (κ3) is 4.45. The molecule has 7 heteroatoms. The van der Waals surface area contributed by atoms with Crippen LogP contribution in [0.25, 0.3) is 0 Å². The van der Waals surface area contributed by atoms with Crippen LogP contribution >= 0.6 is 0 Å². The predicted molar refractivity (Wildman–Crippen MR) is 66.3 cm³/mol. The van der Waals surface area contributed by atoms with Crippen LogP contribution in [0, 0.1) is 0 Å². The predicted octanol–water partition coefficient (Wildman–Crippen LogP) is 0.250. The van der Waals surface area contributed by atoms with Gasteiger partial charge in [0.25, 0.3) is 10.0 Å². The van der Waals surface area contributed by atoms with E-state index in [4.69, 9.17) is 0 Å². The maximum atomic E-state index is 11.8. The van der Waals surface area contributed by atoms with E-state index in [1.54, 1.807) is 0 Å². The number of hydrogen-bond donors (Lipinski definition) is 3. The summed E-state index contributed by atoms with van der Waals surface area (Å²) in [6.45, 7) is 6.06. The van der Waals surface area contributed by atoms with Crippen LogP contribution < -0.4 is 10.0 Å². The van der Waals surface area contributed by atoms with Crippen molar-refractivity contribution in [2.24, 2.45) is 0 Å². The molecule has 0 amide bonds. The first-order valence-electron chi connectivity index (χ1n) is 5.84. The van der Waals surface area contributed by atoms with Crippen LogP contribution in [0.2, 0.25) is 0 Å². The van der Waals surface area contributed by atoms with Crippen LogP contribution in [0.3, 0.4) is 0 Å². The average Bonchev–Trinajstić information content (AvgIpc) is 2.78. The number of imidazole rings is 1. The Morgan fingerprint density at radius 3 is 2.71 bits per heavy atom. The van der Waals surface area contributed by atoms with Gasteiger partial charge in [0.05, 0.1) is 6.20 Å². The average molecular weight is 260 g/mol. The Hall–Kier alpha value is -0.920. The number of aromatic nitrogens is 2. The molecule has 1 aromatic heterocycles. The van der Waals surface area contributed by atoms with Crippen LogP contribution in [0.4, 0.5) is 0 Å². The zero-order valence-electron chi connectivity index (χ0n) is 10.3. The second-order valence-corrected chi connectivity index (χ2v) is 5.39. The number of nitrogens with zero attached hydrogens (tertiary/aromatic N) is 1. The number of aryl methyl sites for hydroxylation is 1. The second-order valence-electron chi connectivity index (χ2n) is 3.65. The van der Waals surface area contributed by atoms with Crippen molar-refractivity contribution in [3.05, 3.63) is 12.0 Å². The fraction of sp³-hybridized carbons (Fsp3) is 0.700. The first-order valence-corrected chi connectivity index (χ1v) is 7.32. The van der Waals surface area contributed by atoms with Gasteiger partial charge in [-0.2, -0.15) is 0 Å². The molecule has 0 atom stereocenters. The highest BCUT2D eigenvalue weighted by atomic mass is 32.2. The molecule has 17 heavy (non-hydrogen) atoms. The van der Waals surface area contributed by atoms with Crippen molar-refractivity contribution in [3.63, 3.8) is 0 Å². The van der Waals surface area contributed by atoms with Gasteiger partial charge in [0, 0.05) is 13.0 Å². The van der Waals surface area contributed by atoms with Gasteiger partial charge < -0.3 is 10.3 Å². The summed E-state index contributed by atoms with van der Waals surface area (Å²) >= 11 is 0. The Labute approximate surface area is 102 Å². The van der Waals surface area contributed by atoms with Crippen LogP contribution in [-0.4, -0.2) is 38.0 Å². The van der Waals surface area contributed by atoms with E-state index in [-0.39, 0.29) is 5.03 Å². The SMILES string of the molecule is CCNCCCNS(=O)(=O)c1cnc(CC)[nH]1.